The lowest BCUT2D eigenvalue weighted by Crippen LogP contribution is -2.36. The van der Waals surface area contributed by atoms with E-state index in [0.29, 0.717) is 6.54 Å². The van der Waals surface area contributed by atoms with Gasteiger partial charge in [-0.05, 0) is 24.6 Å². The largest absolute Gasteiger partial charge is 0.395 e. The van der Waals surface area contributed by atoms with E-state index in [0.717, 1.165) is 11.1 Å². The zero-order chi connectivity index (χ0) is 16.7. The Labute approximate surface area is 137 Å². The van der Waals surface area contributed by atoms with Crippen molar-refractivity contribution >= 4 is 10.0 Å². The van der Waals surface area contributed by atoms with Crippen molar-refractivity contribution in [3.05, 3.63) is 65.7 Å². The predicted molar refractivity (Wildman–Crippen MR) is 90.6 cm³/mol. The Morgan fingerprint density at radius 2 is 1.70 bits per heavy atom. The summed E-state index contributed by atoms with van der Waals surface area (Å²) in [6.07, 6.45) is 0. The van der Waals surface area contributed by atoms with E-state index >= 15 is 0 Å². The molecule has 0 spiro atoms. The molecule has 2 aromatic carbocycles. The van der Waals surface area contributed by atoms with Gasteiger partial charge in [-0.2, -0.15) is 0 Å². The van der Waals surface area contributed by atoms with Crippen LogP contribution in [0.3, 0.4) is 0 Å². The molecule has 0 aliphatic carbocycles. The van der Waals surface area contributed by atoms with Crippen molar-refractivity contribution in [3.8, 4) is 0 Å². The van der Waals surface area contributed by atoms with Gasteiger partial charge in [-0.25, -0.2) is 13.1 Å². The molecule has 0 aliphatic rings. The van der Waals surface area contributed by atoms with Crippen molar-refractivity contribution in [2.45, 2.75) is 17.9 Å². The van der Waals surface area contributed by atoms with Crippen LogP contribution >= 0.6 is 0 Å². The first-order valence-corrected chi connectivity index (χ1v) is 8.97. The second-order valence-corrected chi connectivity index (χ2v) is 7.07. The number of nitrogens with one attached hydrogen (secondary N) is 2. The lowest BCUT2D eigenvalue weighted by atomic mass is 10.1. The number of hydrogen-bond acceptors (Lipinski definition) is 4. The fraction of sp³-hybridized carbons (Fsp3) is 0.294. The van der Waals surface area contributed by atoms with E-state index in [-0.39, 0.29) is 24.1 Å². The van der Waals surface area contributed by atoms with Crippen LogP contribution in [0.1, 0.15) is 17.2 Å². The van der Waals surface area contributed by atoms with Gasteiger partial charge in [0.05, 0.1) is 11.5 Å². The molecule has 0 amide bonds. The minimum Gasteiger partial charge on any atom is -0.395 e. The molecule has 1 unspecified atom stereocenters. The van der Waals surface area contributed by atoms with Gasteiger partial charge in [-0.3, -0.25) is 0 Å². The summed E-state index contributed by atoms with van der Waals surface area (Å²) in [6, 6.07) is 16.1. The van der Waals surface area contributed by atoms with Gasteiger partial charge in [0, 0.05) is 19.1 Å². The highest BCUT2D eigenvalue weighted by Crippen LogP contribution is 2.14. The van der Waals surface area contributed by atoms with Gasteiger partial charge in [-0.15, -0.1) is 0 Å². The summed E-state index contributed by atoms with van der Waals surface area (Å²) in [5.41, 5.74) is 1.98. The molecule has 0 saturated heterocycles. The van der Waals surface area contributed by atoms with Crippen LogP contribution in [-0.2, 0) is 10.0 Å². The molecule has 6 heteroatoms. The highest BCUT2D eigenvalue weighted by molar-refractivity contribution is 7.89. The highest BCUT2D eigenvalue weighted by atomic mass is 32.2. The molecular weight excluding hydrogens is 312 g/mol. The summed E-state index contributed by atoms with van der Waals surface area (Å²) < 4.78 is 27.4. The van der Waals surface area contributed by atoms with Crippen LogP contribution in [-0.4, -0.2) is 33.2 Å². The van der Waals surface area contributed by atoms with Crippen molar-refractivity contribution in [2.75, 3.05) is 19.7 Å². The van der Waals surface area contributed by atoms with Gasteiger partial charge < -0.3 is 10.4 Å². The third-order valence-corrected chi connectivity index (χ3v) is 4.95. The number of sulfonamides is 1. The number of aliphatic hydroxyl groups excluding tert-OH is 1. The average molecular weight is 334 g/mol. The van der Waals surface area contributed by atoms with Gasteiger partial charge in [0.15, 0.2) is 0 Å². The summed E-state index contributed by atoms with van der Waals surface area (Å²) in [7, 11) is -3.56. The van der Waals surface area contributed by atoms with Crippen LogP contribution < -0.4 is 10.0 Å². The Balaban J connectivity index is 2.09. The molecule has 0 fully saturated rings. The van der Waals surface area contributed by atoms with Gasteiger partial charge >= 0.3 is 0 Å². The Bertz CT molecular complexity index is 700. The Morgan fingerprint density at radius 3 is 2.30 bits per heavy atom. The first-order valence-electron chi connectivity index (χ1n) is 7.48. The topological polar surface area (TPSA) is 78.4 Å². The highest BCUT2D eigenvalue weighted by Gasteiger charge is 2.17. The van der Waals surface area contributed by atoms with Gasteiger partial charge in [-0.1, -0.05) is 48.0 Å². The normalized spacial score (nSPS) is 13.0. The van der Waals surface area contributed by atoms with Crippen LogP contribution in [0.25, 0.3) is 0 Å². The fourth-order valence-corrected chi connectivity index (χ4v) is 3.27. The smallest absolute Gasteiger partial charge is 0.240 e. The molecule has 0 bridgehead atoms. The number of aryl methyl sites for hydroxylation is 1. The van der Waals surface area contributed by atoms with E-state index in [4.69, 9.17) is 5.11 Å². The van der Waals surface area contributed by atoms with Crippen molar-refractivity contribution in [1.82, 2.24) is 10.0 Å². The van der Waals surface area contributed by atoms with Crippen LogP contribution in [0.4, 0.5) is 0 Å². The minimum absolute atomic E-state index is 0.00591. The molecule has 2 rings (SSSR count). The molecule has 0 radical (unpaired) electrons. The van der Waals surface area contributed by atoms with E-state index in [1.165, 1.54) is 0 Å². The van der Waals surface area contributed by atoms with Crippen molar-refractivity contribution in [3.63, 3.8) is 0 Å². The quantitative estimate of drug-likeness (QED) is 0.685. The fourth-order valence-electron chi connectivity index (χ4n) is 2.23. The van der Waals surface area contributed by atoms with E-state index in [1.54, 1.807) is 24.3 Å². The predicted octanol–water partition coefficient (Wildman–Crippen LogP) is 1.60. The third-order valence-electron chi connectivity index (χ3n) is 3.51. The van der Waals surface area contributed by atoms with Crippen molar-refractivity contribution in [1.29, 1.82) is 0 Å². The maximum absolute atomic E-state index is 12.4. The Hall–Kier alpha value is -1.73. The van der Waals surface area contributed by atoms with E-state index in [1.807, 2.05) is 37.3 Å². The molecule has 0 aromatic heterocycles. The first-order chi connectivity index (χ1) is 11.0. The molecule has 23 heavy (non-hydrogen) atoms. The summed E-state index contributed by atoms with van der Waals surface area (Å²) >= 11 is 0. The number of benzene rings is 2. The van der Waals surface area contributed by atoms with Crippen LogP contribution in [0, 0.1) is 6.92 Å². The average Bonchev–Trinajstić information content (AvgIpc) is 2.56. The van der Waals surface area contributed by atoms with Gasteiger partial charge in [0.2, 0.25) is 10.0 Å². The number of aliphatic hydroxyl groups is 1. The molecule has 1 atom stereocenters. The standard InChI is InChI=1S/C17H22N2O3S/c1-14-7-9-16(10-8-14)23(21,22)19-13-17(18-11-12-20)15-5-3-2-4-6-15/h2-10,17-20H,11-13H2,1H3. The summed E-state index contributed by atoms with van der Waals surface area (Å²) in [5, 5.41) is 12.1. The molecule has 0 saturated carbocycles. The molecule has 3 N–H and O–H groups in total. The first kappa shape index (κ1) is 17.6. The second kappa shape index (κ2) is 8.21. The zero-order valence-corrected chi connectivity index (χ0v) is 13.9. The van der Waals surface area contributed by atoms with E-state index in [9.17, 15) is 8.42 Å². The molecule has 0 aliphatic heterocycles. The molecule has 0 heterocycles. The molecule has 124 valence electrons. The van der Waals surface area contributed by atoms with Gasteiger partial charge in [0.25, 0.3) is 0 Å². The van der Waals surface area contributed by atoms with Crippen LogP contribution in [0.5, 0.6) is 0 Å². The Morgan fingerprint density at radius 1 is 1.04 bits per heavy atom. The zero-order valence-electron chi connectivity index (χ0n) is 13.1. The monoisotopic (exact) mass is 334 g/mol. The maximum Gasteiger partial charge on any atom is 0.240 e. The lowest BCUT2D eigenvalue weighted by molar-refractivity contribution is 0.284. The summed E-state index contributed by atoms with van der Waals surface area (Å²) in [5.74, 6) is 0. The van der Waals surface area contributed by atoms with Crippen molar-refractivity contribution in [2.24, 2.45) is 0 Å². The van der Waals surface area contributed by atoms with Gasteiger partial charge in [0.1, 0.15) is 0 Å². The second-order valence-electron chi connectivity index (χ2n) is 5.31. The SMILES string of the molecule is Cc1ccc(S(=O)(=O)NCC(NCCO)c2ccccc2)cc1. The number of rotatable bonds is 8. The molecule has 2 aromatic rings. The van der Waals surface area contributed by atoms with Crippen molar-refractivity contribution < 1.29 is 13.5 Å². The summed E-state index contributed by atoms with van der Waals surface area (Å²) in [6.45, 7) is 2.51. The van der Waals surface area contributed by atoms with Crippen LogP contribution in [0.15, 0.2) is 59.5 Å². The number of hydrogen-bond donors (Lipinski definition) is 3. The third kappa shape index (κ3) is 5.14. The minimum atomic E-state index is -3.56. The van der Waals surface area contributed by atoms with Crippen LogP contribution in [0.2, 0.25) is 0 Å². The van der Waals surface area contributed by atoms with E-state index < -0.39 is 10.0 Å². The lowest BCUT2D eigenvalue weighted by Gasteiger charge is -2.19. The van der Waals surface area contributed by atoms with E-state index in [2.05, 4.69) is 10.0 Å². The Kier molecular flexibility index (Phi) is 6.29. The maximum atomic E-state index is 12.4. The molecule has 5 nitrogen and oxygen atoms in total. The summed E-state index contributed by atoms with van der Waals surface area (Å²) in [4.78, 5) is 0.247. The molecular formula is C17H22N2O3S.